The van der Waals surface area contributed by atoms with Crippen LogP contribution >= 0.6 is 11.5 Å². The van der Waals surface area contributed by atoms with E-state index in [1.54, 1.807) is 51.8 Å². The minimum atomic E-state index is -0.0173. The molecule has 0 saturated heterocycles. The monoisotopic (exact) mass is 342 g/mol. The molecule has 0 bridgehead atoms. The highest BCUT2D eigenvalue weighted by atomic mass is 32.1. The maximum atomic E-state index is 11.3. The lowest BCUT2D eigenvalue weighted by atomic mass is 10.0. The zero-order valence-corrected chi connectivity index (χ0v) is 14.3. The Hall–Kier alpha value is -2.73. The van der Waals surface area contributed by atoms with Crippen molar-refractivity contribution in [1.29, 1.82) is 0 Å². The Morgan fingerprint density at radius 2 is 1.50 bits per heavy atom. The molecule has 0 radical (unpaired) electrons. The summed E-state index contributed by atoms with van der Waals surface area (Å²) in [4.78, 5) is 0.966. The number of aromatic nitrogens is 1. The summed E-state index contributed by atoms with van der Waals surface area (Å²) < 4.78 is 20.5. The Labute approximate surface area is 144 Å². The van der Waals surface area contributed by atoms with Crippen LogP contribution in [0.1, 0.15) is 0 Å². The second-order valence-electron chi connectivity index (χ2n) is 5.01. The van der Waals surface area contributed by atoms with E-state index in [1.165, 1.54) is 11.5 Å². The van der Waals surface area contributed by atoms with E-state index in [9.17, 15) is 5.11 Å². The molecule has 0 unspecified atom stereocenters. The first kappa shape index (κ1) is 16.1. The van der Waals surface area contributed by atoms with Gasteiger partial charge in [0.15, 0.2) is 11.5 Å². The first-order valence-corrected chi connectivity index (χ1v) is 7.97. The maximum absolute atomic E-state index is 11.3. The van der Waals surface area contributed by atoms with Crippen LogP contribution < -0.4 is 19.3 Å². The Morgan fingerprint density at radius 3 is 2.04 bits per heavy atom. The number of nitrogens with zero attached hydrogens (tertiary/aromatic N) is 1. The maximum Gasteiger partial charge on any atom is 0.203 e. The summed E-state index contributed by atoms with van der Waals surface area (Å²) in [6, 6.07) is 10.5. The zero-order valence-electron chi connectivity index (χ0n) is 13.5. The molecule has 1 aromatic heterocycles. The van der Waals surface area contributed by atoms with Crippen molar-refractivity contribution in [2.45, 2.75) is 0 Å². The van der Waals surface area contributed by atoms with Gasteiger partial charge in [0.1, 0.15) is 0 Å². The second-order valence-corrected chi connectivity index (χ2v) is 5.81. The fourth-order valence-corrected chi connectivity index (χ4v) is 3.26. The van der Waals surface area contributed by atoms with Crippen molar-refractivity contribution in [3.05, 3.63) is 42.6 Å². The van der Waals surface area contributed by atoms with Crippen LogP contribution in [-0.4, -0.2) is 25.7 Å². The SMILES string of the molecule is COc1cc(-c2sncc2-c2ccc([O-])cc2)cc(OC)c1OC. The zero-order chi connectivity index (χ0) is 17.1. The summed E-state index contributed by atoms with van der Waals surface area (Å²) in [7, 11) is 4.74. The number of methoxy groups -OCH3 is 3. The number of hydrogen-bond donors (Lipinski definition) is 0. The van der Waals surface area contributed by atoms with Crippen molar-refractivity contribution in [3.8, 4) is 44.6 Å². The van der Waals surface area contributed by atoms with Gasteiger partial charge in [-0.3, -0.25) is 0 Å². The lowest BCUT2D eigenvalue weighted by Gasteiger charge is -2.14. The van der Waals surface area contributed by atoms with E-state index in [0.29, 0.717) is 17.2 Å². The van der Waals surface area contributed by atoms with Gasteiger partial charge >= 0.3 is 0 Å². The third-order valence-corrected chi connectivity index (χ3v) is 4.51. The summed E-state index contributed by atoms with van der Waals surface area (Å²) >= 11 is 1.37. The van der Waals surface area contributed by atoms with E-state index in [2.05, 4.69) is 4.37 Å². The molecular formula is C18H16NO4S-. The fourth-order valence-electron chi connectivity index (χ4n) is 2.50. The minimum Gasteiger partial charge on any atom is -0.872 e. The first-order chi connectivity index (χ1) is 11.7. The number of hydrogen-bond acceptors (Lipinski definition) is 6. The molecule has 3 rings (SSSR count). The Balaban J connectivity index is 2.14. The average molecular weight is 342 g/mol. The van der Waals surface area contributed by atoms with E-state index in [1.807, 2.05) is 12.1 Å². The summed E-state index contributed by atoms with van der Waals surface area (Å²) in [6.45, 7) is 0. The lowest BCUT2D eigenvalue weighted by molar-refractivity contribution is -0.268. The van der Waals surface area contributed by atoms with Crippen LogP contribution in [0.2, 0.25) is 0 Å². The van der Waals surface area contributed by atoms with E-state index in [-0.39, 0.29) is 5.75 Å². The van der Waals surface area contributed by atoms with E-state index >= 15 is 0 Å². The summed E-state index contributed by atoms with van der Waals surface area (Å²) in [5.74, 6) is 1.70. The molecule has 0 N–H and O–H groups in total. The van der Waals surface area contributed by atoms with Gasteiger partial charge in [-0.1, -0.05) is 24.3 Å². The summed E-state index contributed by atoms with van der Waals surface area (Å²) in [6.07, 6.45) is 1.79. The summed E-state index contributed by atoms with van der Waals surface area (Å²) in [5, 5.41) is 11.3. The van der Waals surface area contributed by atoms with Crippen LogP contribution in [-0.2, 0) is 0 Å². The van der Waals surface area contributed by atoms with Crippen LogP contribution in [0.5, 0.6) is 23.0 Å². The molecule has 0 atom stereocenters. The van der Waals surface area contributed by atoms with Crippen molar-refractivity contribution < 1.29 is 19.3 Å². The molecule has 0 fully saturated rings. The van der Waals surface area contributed by atoms with Crippen LogP contribution in [0.3, 0.4) is 0 Å². The second kappa shape index (κ2) is 6.80. The largest absolute Gasteiger partial charge is 0.872 e. The molecule has 24 heavy (non-hydrogen) atoms. The molecule has 6 heteroatoms. The predicted molar refractivity (Wildman–Crippen MR) is 92.1 cm³/mol. The highest BCUT2D eigenvalue weighted by Crippen LogP contribution is 2.44. The Kier molecular flexibility index (Phi) is 4.57. The molecule has 124 valence electrons. The molecular weight excluding hydrogens is 326 g/mol. The van der Waals surface area contributed by atoms with Crippen LogP contribution in [0.4, 0.5) is 0 Å². The third kappa shape index (κ3) is 2.88. The van der Waals surface area contributed by atoms with Gasteiger partial charge in [0.05, 0.1) is 26.2 Å². The van der Waals surface area contributed by atoms with Crippen LogP contribution in [0.15, 0.2) is 42.6 Å². The van der Waals surface area contributed by atoms with Gasteiger partial charge in [0, 0.05) is 17.3 Å². The number of ether oxygens (including phenoxy) is 3. The van der Waals surface area contributed by atoms with Crippen molar-refractivity contribution in [3.63, 3.8) is 0 Å². The minimum absolute atomic E-state index is 0.0173. The van der Waals surface area contributed by atoms with Gasteiger partial charge in [-0.15, -0.1) is 5.75 Å². The summed E-state index contributed by atoms with van der Waals surface area (Å²) in [5.41, 5.74) is 2.80. The average Bonchev–Trinajstić information content (AvgIpc) is 3.10. The number of benzene rings is 2. The highest BCUT2D eigenvalue weighted by molar-refractivity contribution is 7.10. The molecule has 3 aromatic rings. The molecule has 5 nitrogen and oxygen atoms in total. The van der Waals surface area contributed by atoms with Gasteiger partial charge in [-0.2, -0.15) is 4.37 Å². The quantitative estimate of drug-likeness (QED) is 0.709. The molecule has 1 heterocycles. The molecule has 0 spiro atoms. The topological polar surface area (TPSA) is 63.6 Å². The number of rotatable bonds is 5. The van der Waals surface area contributed by atoms with E-state index in [0.717, 1.165) is 21.6 Å². The molecule has 0 aliphatic rings. The predicted octanol–water partition coefficient (Wildman–Crippen LogP) is 3.58. The van der Waals surface area contributed by atoms with E-state index in [4.69, 9.17) is 14.2 Å². The van der Waals surface area contributed by atoms with Gasteiger partial charge in [0.2, 0.25) is 5.75 Å². The van der Waals surface area contributed by atoms with Crippen molar-refractivity contribution in [2.75, 3.05) is 21.3 Å². The van der Waals surface area contributed by atoms with Crippen molar-refractivity contribution in [2.24, 2.45) is 0 Å². The normalized spacial score (nSPS) is 10.5. The Morgan fingerprint density at radius 1 is 0.875 bits per heavy atom. The van der Waals surface area contributed by atoms with Crippen LogP contribution in [0.25, 0.3) is 21.6 Å². The van der Waals surface area contributed by atoms with Crippen LogP contribution in [0, 0.1) is 0 Å². The highest BCUT2D eigenvalue weighted by Gasteiger charge is 2.17. The molecule has 0 saturated carbocycles. The van der Waals surface area contributed by atoms with Crippen molar-refractivity contribution >= 4 is 11.5 Å². The van der Waals surface area contributed by atoms with Crippen molar-refractivity contribution in [1.82, 2.24) is 4.37 Å². The molecule has 0 amide bonds. The molecule has 0 aliphatic heterocycles. The molecule has 2 aromatic carbocycles. The van der Waals surface area contributed by atoms with E-state index < -0.39 is 0 Å². The first-order valence-electron chi connectivity index (χ1n) is 7.20. The lowest BCUT2D eigenvalue weighted by Crippen LogP contribution is -1.95. The van der Waals surface area contributed by atoms with Gasteiger partial charge in [0.25, 0.3) is 0 Å². The molecule has 0 aliphatic carbocycles. The fraction of sp³-hybridized carbons (Fsp3) is 0.167. The van der Waals surface area contributed by atoms with Gasteiger partial charge < -0.3 is 19.3 Å². The van der Waals surface area contributed by atoms with Gasteiger partial charge in [-0.25, -0.2) is 0 Å². The smallest absolute Gasteiger partial charge is 0.203 e. The van der Waals surface area contributed by atoms with Gasteiger partial charge in [-0.05, 0) is 29.2 Å². The third-order valence-electron chi connectivity index (χ3n) is 3.66. The standard InChI is InChI=1S/C18H17NO4S/c1-21-15-8-12(9-16(22-2)17(15)23-3)18-14(10-19-24-18)11-4-6-13(20)7-5-11/h4-10,20H,1-3H3/p-1. The Bertz CT molecular complexity index is 817.